The smallest absolute Gasteiger partial charge is 0.394 e. The van der Waals surface area contributed by atoms with Gasteiger partial charge in [0.2, 0.25) is 0 Å². The van der Waals surface area contributed by atoms with Gasteiger partial charge >= 0.3 is 6.18 Å². The van der Waals surface area contributed by atoms with E-state index in [0.29, 0.717) is 0 Å². The SMILES string of the molecule is CC(C)N(CC(O)CO)CC(F)(F)F. The fraction of sp³-hybridized carbons (Fsp3) is 1.00. The lowest BCUT2D eigenvalue weighted by molar-refractivity contribution is -0.153. The lowest BCUT2D eigenvalue weighted by Crippen LogP contribution is -2.44. The predicted molar refractivity (Wildman–Crippen MR) is 45.9 cm³/mol. The molecule has 0 aromatic carbocycles. The van der Waals surface area contributed by atoms with Gasteiger partial charge in [0.05, 0.1) is 19.3 Å². The lowest BCUT2D eigenvalue weighted by atomic mass is 10.2. The van der Waals surface area contributed by atoms with Crippen LogP contribution < -0.4 is 0 Å². The molecule has 0 aliphatic carbocycles. The van der Waals surface area contributed by atoms with Gasteiger partial charge in [-0.3, -0.25) is 4.90 Å². The van der Waals surface area contributed by atoms with Crippen LogP contribution in [-0.2, 0) is 0 Å². The first-order valence-corrected chi connectivity index (χ1v) is 4.36. The first kappa shape index (κ1) is 13.7. The summed E-state index contributed by atoms with van der Waals surface area (Å²) in [4.78, 5) is 1.07. The Morgan fingerprint density at radius 3 is 2.07 bits per heavy atom. The molecule has 0 bridgehead atoms. The Kier molecular flexibility index (Phi) is 5.40. The van der Waals surface area contributed by atoms with Gasteiger partial charge in [-0.1, -0.05) is 0 Å². The molecule has 0 heterocycles. The summed E-state index contributed by atoms with van der Waals surface area (Å²) in [6.07, 6.45) is -5.40. The normalized spacial score (nSPS) is 15.2. The van der Waals surface area contributed by atoms with Crippen molar-refractivity contribution < 1.29 is 23.4 Å². The Morgan fingerprint density at radius 2 is 1.79 bits per heavy atom. The highest BCUT2D eigenvalue weighted by atomic mass is 19.4. The molecule has 0 aromatic heterocycles. The summed E-state index contributed by atoms with van der Waals surface area (Å²) in [5, 5.41) is 17.5. The van der Waals surface area contributed by atoms with Crippen LogP contribution in [0.15, 0.2) is 0 Å². The molecule has 3 nitrogen and oxygen atoms in total. The molecule has 0 fully saturated rings. The second-order valence-corrected chi connectivity index (χ2v) is 3.47. The minimum Gasteiger partial charge on any atom is -0.394 e. The number of hydrogen-bond acceptors (Lipinski definition) is 3. The molecule has 0 amide bonds. The quantitative estimate of drug-likeness (QED) is 0.706. The van der Waals surface area contributed by atoms with Crippen LogP contribution in [0.5, 0.6) is 0 Å². The number of halogens is 3. The van der Waals surface area contributed by atoms with Crippen LogP contribution in [0.4, 0.5) is 13.2 Å². The van der Waals surface area contributed by atoms with Crippen LogP contribution in [-0.4, -0.2) is 53.1 Å². The highest BCUT2D eigenvalue weighted by Crippen LogP contribution is 2.18. The molecule has 0 aliphatic heterocycles. The van der Waals surface area contributed by atoms with Gasteiger partial charge < -0.3 is 10.2 Å². The van der Waals surface area contributed by atoms with E-state index in [1.54, 1.807) is 13.8 Å². The minimum absolute atomic E-state index is 0.173. The summed E-state index contributed by atoms with van der Waals surface area (Å²) in [5.41, 5.74) is 0. The first-order valence-electron chi connectivity index (χ1n) is 4.36. The van der Waals surface area contributed by atoms with Crippen molar-refractivity contribution in [1.82, 2.24) is 4.90 Å². The average molecular weight is 215 g/mol. The number of hydrogen-bond donors (Lipinski definition) is 2. The fourth-order valence-corrected chi connectivity index (χ4v) is 1.02. The standard InChI is InChI=1S/C8H16F3NO2/c1-6(2)12(3-7(14)4-13)5-8(9,10)11/h6-7,13-14H,3-5H2,1-2H3. The van der Waals surface area contributed by atoms with Gasteiger partial charge in [-0.05, 0) is 13.8 Å². The van der Waals surface area contributed by atoms with E-state index in [2.05, 4.69) is 0 Å². The highest BCUT2D eigenvalue weighted by molar-refractivity contribution is 4.70. The van der Waals surface area contributed by atoms with Crippen LogP contribution in [0.2, 0.25) is 0 Å². The number of aliphatic hydroxyl groups excluding tert-OH is 2. The van der Waals surface area contributed by atoms with Gasteiger partial charge in [0, 0.05) is 12.6 Å². The zero-order valence-electron chi connectivity index (χ0n) is 8.25. The molecule has 1 atom stereocenters. The van der Waals surface area contributed by atoms with Gasteiger partial charge in [0.1, 0.15) is 0 Å². The van der Waals surface area contributed by atoms with E-state index >= 15 is 0 Å². The van der Waals surface area contributed by atoms with Gasteiger partial charge in [0.25, 0.3) is 0 Å². The largest absolute Gasteiger partial charge is 0.401 e. The Hall–Kier alpha value is -0.330. The van der Waals surface area contributed by atoms with E-state index in [9.17, 15) is 13.2 Å². The molecule has 0 radical (unpaired) electrons. The number of nitrogens with zero attached hydrogens (tertiary/aromatic N) is 1. The summed E-state index contributed by atoms with van der Waals surface area (Å²) >= 11 is 0. The van der Waals surface area contributed by atoms with Crippen molar-refractivity contribution >= 4 is 0 Å². The van der Waals surface area contributed by atoms with Crippen molar-refractivity contribution in [3.05, 3.63) is 0 Å². The molecule has 0 rings (SSSR count). The van der Waals surface area contributed by atoms with E-state index in [1.165, 1.54) is 0 Å². The van der Waals surface area contributed by atoms with E-state index in [0.717, 1.165) is 4.90 Å². The molecule has 2 N–H and O–H groups in total. The molecule has 6 heteroatoms. The maximum absolute atomic E-state index is 12.0. The van der Waals surface area contributed by atoms with Crippen LogP contribution in [0.3, 0.4) is 0 Å². The van der Waals surface area contributed by atoms with Crippen LogP contribution in [0.1, 0.15) is 13.8 Å². The highest BCUT2D eigenvalue weighted by Gasteiger charge is 2.32. The van der Waals surface area contributed by atoms with Crippen molar-refractivity contribution in [2.75, 3.05) is 19.7 Å². The van der Waals surface area contributed by atoms with Gasteiger partial charge in [0.15, 0.2) is 0 Å². The third kappa shape index (κ3) is 6.17. The maximum atomic E-state index is 12.0. The molecule has 1 unspecified atom stereocenters. The van der Waals surface area contributed by atoms with Crippen molar-refractivity contribution in [3.8, 4) is 0 Å². The zero-order chi connectivity index (χ0) is 11.4. The van der Waals surface area contributed by atoms with E-state index in [4.69, 9.17) is 10.2 Å². The average Bonchev–Trinajstić information content (AvgIpc) is 2.00. The number of rotatable bonds is 5. The molecular formula is C8H16F3NO2. The second kappa shape index (κ2) is 5.53. The van der Waals surface area contributed by atoms with Crippen molar-refractivity contribution in [3.63, 3.8) is 0 Å². The van der Waals surface area contributed by atoms with Crippen LogP contribution in [0.25, 0.3) is 0 Å². The molecule has 0 aromatic rings. The molecule has 0 spiro atoms. The lowest BCUT2D eigenvalue weighted by Gasteiger charge is -2.28. The third-order valence-electron chi connectivity index (χ3n) is 1.77. The number of alkyl halides is 3. The second-order valence-electron chi connectivity index (χ2n) is 3.47. The molecule has 0 aliphatic rings. The topological polar surface area (TPSA) is 43.7 Å². The summed E-state index contributed by atoms with van der Waals surface area (Å²) in [7, 11) is 0. The monoisotopic (exact) mass is 215 g/mol. The van der Waals surface area contributed by atoms with Gasteiger partial charge in [-0.15, -0.1) is 0 Å². The first-order chi connectivity index (χ1) is 6.26. The maximum Gasteiger partial charge on any atom is 0.401 e. The van der Waals surface area contributed by atoms with Crippen molar-refractivity contribution in [2.45, 2.75) is 32.2 Å². The van der Waals surface area contributed by atoms with E-state index in [-0.39, 0.29) is 12.6 Å². The third-order valence-corrected chi connectivity index (χ3v) is 1.77. The van der Waals surface area contributed by atoms with Crippen molar-refractivity contribution in [1.29, 1.82) is 0 Å². The molecule has 0 saturated heterocycles. The minimum atomic E-state index is -4.28. The zero-order valence-corrected chi connectivity index (χ0v) is 8.25. The van der Waals surface area contributed by atoms with Gasteiger partial charge in [-0.2, -0.15) is 13.2 Å². The summed E-state index contributed by atoms with van der Waals surface area (Å²) in [6, 6.07) is -0.321. The summed E-state index contributed by atoms with van der Waals surface area (Å²) in [6.45, 7) is 1.45. The van der Waals surface area contributed by atoms with E-state index < -0.39 is 25.4 Å². The van der Waals surface area contributed by atoms with Crippen LogP contribution >= 0.6 is 0 Å². The predicted octanol–water partition coefficient (Wildman–Crippen LogP) is 0.612. The Bertz CT molecular complexity index is 161. The Labute approximate surface area is 81.1 Å². The van der Waals surface area contributed by atoms with Crippen LogP contribution in [0, 0.1) is 0 Å². The molecule has 14 heavy (non-hydrogen) atoms. The fourth-order valence-electron chi connectivity index (χ4n) is 1.02. The number of aliphatic hydroxyl groups is 2. The molecule has 0 saturated carbocycles. The molecular weight excluding hydrogens is 199 g/mol. The Balaban J connectivity index is 4.16. The summed E-state index contributed by atoms with van der Waals surface area (Å²) in [5.74, 6) is 0. The summed E-state index contributed by atoms with van der Waals surface area (Å²) < 4.78 is 36.1. The van der Waals surface area contributed by atoms with Gasteiger partial charge in [-0.25, -0.2) is 0 Å². The Morgan fingerprint density at radius 1 is 1.29 bits per heavy atom. The van der Waals surface area contributed by atoms with Crippen molar-refractivity contribution in [2.24, 2.45) is 0 Å². The van der Waals surface area contributed by atoms with E-state index in [1.807, 2.05) is 0 Å². The molecule has 86 valence electrons.